The molecule has 0 heterocycles. The second-order valence-corrected chi connectivity index (χ2v) is 4.14. The van der Waals surface area contributed by atoms with Crippen LogP contribution in [0.2, 0.25) is 0 Å². The Balaban J connectivity index is 0.000001000. The van der Waals surface area contributed by atoms with Crippen LogP contribution in [0.5, 0.6) is 0 Å². The van der Waals surface area contributed by atoms with E-state index in [4.69, 9.17) is 12.2 Å². The highest BCUT2D eigenvalue weighted by Gasteiger charge is 2.38. The van der Waals surface area contributed by atoms with Gasteiger partial charge in [0.2, 0.25) is 0 Å². The highest BCUT2D eigenvalue weighted by Crippen LogP contribution is 2.41. The second-order valence-electron chi connectivity index (χ2n) is 4.14. The summed E-state index contributed by atoms with van der Waals surface area (Å²) in [5.74, 6) is 2.67. The summed E-state index contributed by atoms with van der Waals surface area (Å²) < 4.78 is 0. The Morgan fingerprint density at radius 3 is 2.09 bits per heavy atom. The first kappa shape index (κ1) is 10.8. The van der Waals surface area contributed by atoms with Crippen molar-refractivity contribution in [1.82, 2.24) is 0 Å². The van der Waals surface area contributed by atoms with Crippen LogP contribution in [0, 0.1) is 17.8 Å². The largest absolute Gasteiger partial charge is 0.315 e. The summed E-state index contributed by atoms with van der Waals surface area (Å²) in [5, 5.41) is 0. The van der Waals surface area contributed by atoms with E-state index in [1.165, 1.54) is 0 Å². The van der Waals surface area contributed by atoms with Crippen LogP contribution in [-0.2, 0) is 0 Å². The fraction of sp³-hybridized carbons (Fsp3) is 0.778. The van der Waals surface area contributed by atoms with Crippen molar-refractivity contribution < 1.29 is 0 Å². The predicted molar refractivity (Wildman–Crippen MR) is 50.6 cm³/mol. The van der Waals surface area contributed by atoms with E-state index in [1.54, 1.807) is 0 Å². The Kier molecular flexibility index (Phi) is 2.99. The summed E-state index contributed by atoms with van der Waals surface area (Å²) in [7, 11) is 0. The summed E-state index contributed by atoms with van der Waals surface area (Å²) in [6.07, 6.45) is 8.43. The molecule has 2 heteroatoms. The molecule has 64 valence electrons. The first-order valence-corrected chi connectivity index (χ1v) is 3.74. The van der Waals surface area contributed by atoms with E-state index in [9.17, 15) is 0 Å². The first-order valence-electron chi connectivity index (χ1n) is 3.74. The number of hydrogen-bond acceptors (Lipinski definition) is 1. The van der Waals surface area contributed by atoms with Gasteiger partial charge in [-0.1, -0.05) is 19.8 Å². The maximum atomic E-state index is 5.90. The normalized spacial score (nSPS) is 34.0. The molecule has 0 aromatic heterocycles. The number of hydrogen-bond donors (Lipinski definition) is 1. The van der Waals surface area contributed by atoms with Gasteiger partial charge in [0, 0.05) is 0 Å². The van der Waals surface area contributed by atoms with E-state index < -0.39 is 0 Å². The third kappa shape index (κ3) is 2.39. The smallest absolute Gasteiger partial charge is 0.0778 e. The van der Waals surface area contributed by atoms with Crippen molar-refractivity contribution in [3.8, 4) is 12.3 Å². The van der Waals surface area contributed by atoms with Crippen LogP contribution < -0.4 is 5.73 Å². The molecule has 1 nitrogen and oxygen atoms in total. The van der Waals surface area contributed by atoms with Crippen molar-refractivity contribution in [3.05, 3.63) is 0 Å². The van der Waals surface area contributed by atoms with Gasteiger partial charge in [-0.05, 0) is 24.7 Å². The van der Waals surface area contributed by atoms with Gasteiger partial charge < -0.3 is 5.73 Å². The van der Waals surface area contributed by atoms with Crippen LogP contribution >= 0.6 is 12.4 Å². The van der Waals surface area contributed by atoms with Crippen molar-refractivity contribution in [2.75, 3.05) is 0 Å². The minimum absolute atomic E-state index is 0. The lowest BCUT2D eigenvalue weighted by molar-refractivity contribution is 0.363. The maximum Gasteiger partial charge on any atom is 0.0778 e. The zero-order valence-corrected chi connectivity index (χ0v) is 8.00. The average molecular weight is 174 g/mol. The molecule has 1 saturated carbocycles. The van der Waals surface area contributed by atoms with Crippen LogP contribution in [0.1, 0.15) is 33.1 Å². The van der Waals surface area contributed by atoms with Gasteiger partial charge in [-0.3, -0.25) is 0 Å². The zero-order valence-electron chi connectivity index (χ0n) is 7.18. The van der Waals surface area contributed by atoms with Crippen LogP contribution in [0.15, 0.2) is 0 Å². The fourth-order valence-corrected chi connectivity index (χ4v) is 1.72. The monoisotopic (exact) mass is 173 g/mol. The van der Waals surface area contributed by atoms with E-state index in [-0.39, 0.29) is 17.9 Å². The molecule has 0 aromatic rings. The Morgan fingerprint density at radius 2 is 1.91 bits per heavy atom. The SMILES string of the molecule is C#CC1(N)CCC(C)(C)C1.Cl. The van der Waals surface area contributed by atoms with Gasteiger partial charge in [0.05, 0.1) is 5.54 Å². The van der Waals surface area contributed by atoms with Crippen molar-refractivity contribution >= 4 is 12.4 Å². The minimum Gasteiger partial charge on any atom is -0.315 e. The summed E-state index contributed by atoms with van der Waals surface area (Å²) in [6.45, 7) is 4.44. The highest BCUT2D eigenvalue weighted by molar-refractivity contribution is 5.85. The number of rotatable bonds is 0. The van der Waals surface area contributed by atoms with Crippen LogP contribution in [0.3, 0.4) is 0 Å². The lowest BCUT2D eigenvalue weighted by Gasteiger charge is -2.20. The summed E-state index contributed by atoms with van der Waals surface area (Å²) in [6, 6.07) is 0. The molecule has 0 spiro atoms. The lowest BCUT2D eigenvalue weighted by Crippen LogP contribution is -2.35. The molecule has 2 N–H and O–H groups in total. The van der Waals surface area contributed by atoms with E-state index in [0.717, 1.165) is 19.3 Å². The van der Waals surface area contributed by atoms with E-state index >= 15 is 0 Å². The fourth-order valence-electron chi connectivity index (χ4n) is 1.72. The first-order chi connectivity index (χ1) is 4.47. The van der Waals surface area contributed by atoms with Gasteiger partial charge in [0.1, 0.15) is 0 Å². The van der Waals surface area contributed by atoms with Gasteiger partial charge in [-0.2, -0.15) is 0 Å². The van der Waals surface area contributed by atoms with Crippen molar-refractivity contribution in [1.29, 1.82) is 0 Å². The highest BCUT2D eigenvalue weighted by atomic mass is 35.5. The molecule has 1 unspecified atom stereocenters. The zero-order chi connectivity index (χ0) is 7.83. The summed E-state index contributed by atoms with van der Waals surface area (Å²) in [5.41, 5.74) is 5.96. The van der Waals surface area contributed by atoms with Gasteiger partial charge in [0.25, 0.3) is 0 Å². The topological polar surface area (TPSA) is 26.0 Å². The summed E-state index contributed by atoms with van der Waals surface area (Å²) in [4.78, 5) is 0. The predicted octanol–water partition coefficient (Wildman–Crippen LogP) is 1.95. The standard InChI is InChI=1S/C9H15N.ClH/c1-4-9(10)6-5-8(2,3)7-9;/h1H,5-7,10H2,2-3H3;1H. The van der Waals surface area contributed by atoms with E-state index in [2.05, 4.69) is 19.8 Å². The molecule has 1 aliphatic carbocycles. The molecular formula is C9H16ClN. The van der Waals surface area contributed by atoms with Crippen LogP contribution in [-0.4, -0.2) is 5.54 Å². The molecule has 1 aliphatic rings. The van der Waals surface area contributed by atoms with Gasteiger partial charge in [-0.15, -0.1) is 18.8 Å². The molecule has 1 atom stereocenters. The number of terminal acetylenes is 1. The van der Waals surface area contributed by atoms with E-state index in [1.807, 2.05) is 0 Å². The van der Waals surface area contributed by atoms with Crippen LogP contribution in [0.4, 0.5) is 0 Å². The minimum atomic E-state index is -0.302. The van der Waals surface area contributed by atoms with E-state index in [0.29, 0.717) is 5.41 Å². The number of halogens is 1. The van der Waals surface area contributed by atoms with Crippen molar-refractivity contribution in [2.45, 2.75) is 38.6 Å². The molecule has 11 heavy (non-hydrogen) atoms. The van der Waals surface area contributed by atoms with Crippen LogP contribution in [0.25, 0.3) is 0 Å². The Bertz CT molecular complexity index is 180. The molecule has 0 aliphatic heterocycles. The molecular weight excluding hydrogens is 158 g/mol. The lowest BCUT2D eigenvalue weighted by atomic mass is 9.88. The Labute approximate surface area is 75.1 Å². The average Bonchev–Trinajstić information content (AvgIpc) is 2.08. The van der Waals surface area contributed by atoms with Gasteiger partial charge >= 0.3 is 0 Å². The molecule has 0 amide bonds. The van der Waals surface area contributed by atoms with Gasteiger partial charge in [-0.25, -0.2) is 0 Å². The van der Waals surface area contributed by atoms with Crippen molar-refractivity contribution in [3.63, 3.8) is 0 Å². The maximum absolute atomic E-state index is 5.90. The Morgan fingerprint density at radius 1 is 1.36 bits per heavy atom. The molecule has 0 radical (unpaired) electrons. The Hall–Kier alpha value is -0.190. The molecule has 1 rings (SSSR count). The second kappa shape index (κ2) is 3.05. The molecule has 0 bridgehead atoms. The quantitative estimate of drug-likeness (QED) is 0.557. The third-order valence-corrected chi connectivity index (χ3v) is 2.33. The summed E-state index contributed by atoms with van der Waals surface area (Å²) >= 11 is 0. The molecule has 1 fully saturated rings. The molecule has 0 saturated heterocycles. The molecule has 0 aromatic carbocycles. The third-order valence-electron chi connectivity index (χ3n) is 2.33. The number of nitrogens with two attached hydrogens (primary N) is 1. The van der Waals surface area contributed by atoms with Gasteiger partial charge in [0.15, 0.2) is 0 Å². The van der Waals surface area contributed by atoms with Crippen molar-refractivity contribution in [2.24, 2.45) is 11.1 Å².